The molecule has 0 aromatic heterocycles. The minimum Gasteiger partial charge on any atom is -0.382 e. The van der Waals surface area contributed by atoms with Gasteiger partial charge in [-0.2, -0.15) is 0 Å². The molecule has 0 heterocycles. The largest absolute Gasteiger partial charge is 0.382 e. The number of ether oxygens (including phenoxy) is 1. The number of aryl methyl sites for hydroxylation is 1. The van der Waals surface area contributed by atoms with Crippen molar-refractivity contribution in [2.75, 3.05) is 11.9 Å². The first-order valence-corrected chi connectivity index (χ1v) is 7.30. The summed E-state index contributed by atoms with van der Waals surface area (Å²) in [5.74, 6) is -0.135. The molecule has 3 rings (SSSR count). The predicted octanol–water partition coefficient (Wildman–Crippen LogP) is 3.89. The van der Waals surface area contributed by atoms with Gasteiger partial charge in [0.15, 0.2) is 0 Å². The predicted molar refractivity (Wildman–Crippen MR) is 74.9 cm³/mol. The SMILES string of the molecule is CCOC1CC(Nc2ccc(F)c(C)c2)C12CCC2. The highest BCUT2D eigenvalue weighted by Gasteiger charge is 2.58. The van der Waals surface area contributed by atoms with E-state index in [1.165, 1.54) is 19.3 Å². The van der Waals surface area contributed by atoms with Gasteiger partial charge in [-0.05, 0) is 56.9 Å². The number of hydrogen-bond donors (Lipinski definition) is 1. The van der Waals surface area contributed by atoms with Gasteiger partial charge in [0.25, 0.3) is 0 Å². The van der Waals surface area contributed by atoms with Gasteiger partial charge in [0.05, 0.1) is 6.10 Å². The first-order chi connectivity index (χ1) is 9.15. The zero-order chi connectivity index (χ0) is 13.5. The second kappa shape index (κ2) is 4.78. The quantitative estimate of drug-likeness (QED) is 0.889. The number of anilines is 1. The van der Waals surface area contributed by atoms with Crippen LogP contribution in [0.4, 0.5) is 10.1 Å². The summed E-state index contributed by atoms with van der Waals surface area (Å²) in [5.41, 5.74) is 2.08. The molecule has 1 aromatic rings. The minimum atomic E-state index is -0.135. The molecule has 1 aromatic carbocycles. The highest BCUT2D eigenvalue weighted by Crippen LogP contribution is 2.58. The van der Waals surface area contributed by atoms with Crippen LogP contribution in [-0.2, 0) is 4.74 Å². The van der Waals surface area contributed by atoms with E-state index in [1.807, 2.05) is 19.1 Å². The lowest BCUT2D eigenvalue weighted by molar-refractivity contribution is -0.157. The summed E-state index contributed by atoms with van der Waals surface area (Å²) in [6.45, 7) is 4.68. The van der Waals surface area contributed by atoms with E-state index in [-0.39, 0.29) is 5.82 Å². The third-order valence-corrected chi connectivity index (χ3v) is 4.94. The molecule has 1 spiro atoms. The molecule has 0 radical (unpaired) electrons. The summed E-state index contributed by atoms with van der Waals surface area (Å²) in [4.78, 5) is 0. The fourth-order valence-corrected chi connectivity index (χ4v) is 3.58. The van der Waals surface area contributed by atoms with Crippen molar-refractivity contribution < 1.29 is 9.13 Å². The average Bonchev–Trinajstić information content (AvgIpc) is 2.30. The van der Waals surface area contributed by atoms with Crippen LogP contribution < -0.4 is 5.32 Å². The van der Waals surface area contributed by atoms with Crippen LogP contribution in [0.1, 0.15) is 38.2 Å². The van der Waals surface area contributed by atoms with E-state index in [0.717, 1.165) is 18.7 Å². The lowest BCUT2D eigenvalue weighted by Gasteiger charge is -2.61. The molecule has 104 valence electrons. The van der Waals surface area contributed by atoms with Gasteiger partial charge in [-0.15, -0.1) is 0 Å². The second-order valence-corrected chi connectivity index (χ2v) is 5.93. The monoisotopic (exact) mass is 263 g/mol. The molecule has 2 atom stereocenters. The van der Waals surface area contributed by atoms with Gasteiger partial charge < -0.3 is 10.1 Å². The van der Waals surface area contributed by atoms with Crippen LogP contribution in [-0.4, -0.2) is 18.8 Å². The van der Waals surface area contributed by atoms with Crippen LogP contribution in [0.5, 0.6) is 0 Å². The molecule has 19 heavy (non-hydrogen) atoms. The smallest absolute Gasteiger partial charge is 0.126 e. The molecule has 2 fully saturated rings. The molecule has 2 aliphatic rings. The van der Waals surface area contributed by atoms with Crippen LogP contribution in [0.15, 0.2) is 18.2 Å². The molecule has 2 aliphatic carbocycles. The summed E-state index contributed by atoms with van der Waals surface area (Å²) in [5, 5.41) is 3.58. The number of halogens is 1. The number of nitrogens with one attached hydrogen (secondary N) is 1. The zero-order valence-corrected chi connectivity index (χ0v) is 11.7. The van der Waals surface area contributed by atoms with Crippen LogP contribution in [0, 0.1) is 18.2 Å². The number of hydrogen-bond acceptors (Lipinski definition) is 2. The number of rotatable bonds is 4. The van der Waals surface area contributed by atoms with E-state index in [9.17, 15) is 4.39 Å². The van der Waals surface area contributed by atoms with Crippen molar-refractivity contribution in [2.45, 2.75) is 51.7 Å². The molecule has 2 saturated carbocycles. The van der Waals surface area contributed by atoms with Crippen molar-refractivity contribution in [2.24, 2.45) is 5.41 Å². The van der Waals surface area contributed by atoms with Crippen LogP contribution in [0.3, 0.4) is 0 Å². The van der Waals surface area contributed by atoms with Gasteiger partial charge in [0.2, 0.25) is 0 Å². The lowest BCUT2D eigenvalue weighted by Crippen LogP contribution is -2.64. The molecule has 2 nitrogen and oxygen atoms in total. The third-order valence-electron chi connectivity index (χ3n) is 4.94. The van der Waals surface area contributed by atoms with E-state index < -0.39 is 0 Å². The van der Waals surface area contributed by atoms with Crippen molar-refractivity contribution in [3.8, 4) is 0 Å². The molecular weight excluding hydrogens is 241 g/mol. The maximum atomic E-state index is 13.3. The van der Waals surface area contributed by atoms with Crippen molar-refractivity contribution in [3.63, 3.8) is 0 Å². The van der Waals surface area contributed by atoms with Crippen LogP contribution in [0.25, 0.3) is 0 Å². The summed E-state index contributed by atoms with van der Waals surface area (Å²) in [7, 11) is 0. The Kier molecular flexibility index (Phi) is 3.25. The molecular formula is C16H22FNO. The van der Waals surface area contributed by atoms with E-state index >= 15 is 0 Å². The standard InChI is InChI=1S/C16H22FNO/c1-3-19-15-10-14(16(15)7-4-8-16)18-12-5-6-13(17)11(2)9-12/h5-6,9,14-15,18H,3-4,7-8,10H2,1-2H3. The summed E-state index contributed by atoms with van der Waals surface area (Å²) < 4.78 is 19.1. The van der Waals surface area contributed by atoms with E-state index in [1.54, 1.807) is 6.07 Å². The molecule has 0 saturated heterocycles. The Bertz CT molecular complexity index is 470. The van der Waals surface area contributed by atoms with Gasteiger partial charge in [-0.25, -0.2) is 4.39 Å². The molecule has 1 N–H and O–H groups in total. The highest BCUT2D eigenvalue weighted by atomic mass is 19.1. The summed E-state index contributed by atoms with van der Waals surface area (Å²) >= 11 is 0. The first kappa shape index (κ1) is 12.9. The Balaban J connectivity index is 1.69. The highest BCUT2D eigenvalue weighted by molar-refractivity contribution is 5.48. The normalized spacial score (nSPS) is 27.7. The Morgan fingerprint density at radius 1 is 1.42 bits per heavy atom. The van der Waals surface area contributed by atoms with Gasteiger partial charge in [0.1, 0.15) is 5.82 Å². The molecule has 0 amide bonds. The fourth-order valence-electron chi connectivity index (χ4n) is 3.58. The van der Waals surface area contributed by atoms with Crippen molar-refractivity contribution >= 4 is 5.69 Å². The van der Waals surface area contributed by atoms with Gasteiger partial charge in [-0.1, -0.05) is 6.42 Å². The fraction of sp³-hybridized carbons (Fsp3) is 0.625. The van der Waals surface area contributed by atoms with Gasteiger partial charge in [0, 0.05) is 23.8 Å². The Labute approximate surface area is 114 Å². The van der Waals surface area contributed by atoms with Crippen molar-refractivity contribution in [1.29, 1.82) is 0 Å². The maximum Gasteiger partial charge on any atom is 0.126 e. The Hall–Kier alpha value is -1.09. The zero-order valence-electron chi connectivity index (χ0n) is 11.7. The average molecular weight is 263 g/mol. The summed E-state index contributed by atoms with van der Waals surface area (Å²) in [6.07, 6.45) is 5.32. The second-order valence-electron chi connectivity index (χ2n) is 5.93. The molecule has 3 heteroatoms. The maximum absolute atomic E-state index is 13.3. The van der Waals surface area contributed by atoms with Crippen molar-refractivity contribution in [1.82, 2.24) is 0 Å². The van der Waals surface area contributed by atoms with Crippen LogP contribution in [0.2, 0.25) is 0 Å². The molecule has 2 unspecified atom stereocenters. The van der Waals surface area contributed by atoms with E-state index in [4.69, 9.17) is 4.74 Å². The first-order valence-electron chi connectivity index (χ1n) is 7.30. The lowest BCUT2D eigenvalue weighted by atomic mass is 9.51. The van der Waals surface area contributed by atoms with Crippen LogP contribution >= 0.6 is 0 Å². The number of benzene rings is 1. The Morgan fingerprint density at radius 3 is 2.79 bits per heavy atom. The third kappa shape index (κ3) is 2.04. The van der Waals surface area contributed by atoms with Gasteiger partial charge in [-0.3, -0.25) is 0 Å². The minimum absolute atomic E-state index is 0.135. The Morgan fingerprint density at radius 2 is 2.21 bits per heavy atom. The van der Waals surface area contributed by atoms with Gasteiger partial charge >= 0.3 is 0 Å². The van der Waals surface area contributed by atoms with E-state index in [2.05, 4.69) is 12.2 Å². The van der Waals surface area contributed by atoms with E-state index in [0.29, 0.717) is 23.1 Å². The topological polar surface area (TPSA) is 21.3 Å². The summed E-state index contributed by atoms with van der Waals surface area (Å²) in [6, 6.07) is 5.77. The molecule has 0 bridgehead atoms. The van der Waals surface area contributed by atoms with Crippen molar-refractivity contribution in [3.05, 3.63) is 29.6 Å². The molecule has 0 aliphatic heterocycles.